The van der Waals surface area contributed by atoms with Crippen LogP contribution in [0.15, 0.2) is 24.3 Å². The summed E-state index contributed by atoms with van der Waals surface area (Å²) in [5, 5.41) is 4.48. The van der Waals surface area contributed by atoms with Crippen LogP contribution in [0.3, 0.4) is 0 Å². The van der Waals surface area contributed by atoms with Gasteiger partial charge < -0.3 is 5.32 Å². The molecule has 0 spiro atoms. The summed E-state index contributed by atoms with van der Waals surface area (Å²) >= 11 is 6.35. The fourth-order valence-electron chi connectivity index (χ4n) is 2.25. The van der Waals surface area contributed by atoms with E-state index in [9.17, 15) is 0 Å². The minimum absolute atomic E-state index is 0.523. The van der Waals surface area contributed by atoms with Gasteiger partial charge >= 0.3 is 0 Å². The van der Waals surface area contributed by atoms with Crippen molar-refractivity contribution in [3.05, 3.63) is 34.9 Å². The van der Waals surface area contributed by atoms with Crippen LogP contribution in [0.1, 0.15) is 52.0 Å². The molecular formula is C17H28ClN. The third kappa shape index (κ3) is 6.44. The van der Waals surface area contributed by atoms with E-state index in [2.05, 4.69) is 45.1 Å². The Morgan fingerprint density at radius 1 is 0.947 bits per heavy atom. The Hall–Kier alpha value is -0.530. The second-order valence-electron chi connectivity index (χ2n) is 6.24. The molecule has 0 radical (unpaired) electrons. The molecule has 1 atom stereocenters. The van der Waals surface area contributed by atoms with Crippen LogP contribution in [0.5, 0.6) is 0 Å². The van der Waals surface area contributed by atoms with E-state index in [1.807, 2.05) is 12.1 Å². The van der Waals surface area contributed by atoms with Crippen molar-refractivity contribution in [3.63, 3.8) is 0 Å². The zero-order valence-electron chi connectivity index (χ0n) is 12.7. The molecule has 1 nitrogen and oxygen atoms in total. The molecule has 0 saturated carbocycles. The molecule has 19 heavy (non-hydrogen) atoms. The van der Waals surface area contributed by atoms with Gasteiger partial charge in [-0.1, -0.05) is 63.9 Å². The van der Waals surface area contributed by atoms with Gasteiger partial charge in [0.25, 0.3) is 0 Å². The van der Waals surface area contributed by atoms with Crippen molar-refractivity contribution >= 4 is 11.6 Å². The van der Waals surface area contributed by atoms with Crippen LogP contribution >= 0.6 is 11.6 Å². The number of nitrogens with one attached hydrogen (secondary N) is 1. The molecule has 1 N–H and O–H groups in total. The molecule has 0 saturated heterocycles. The van der Waals surface area contributed by atoms with Gasteiger partial charge in [-0.25, -0.2) is 0 Å². The third-order valence-corrected chi connectivity index (χ3v) is 3.73. The Morgan fingerprint density at radius 2 is 1.63 bits per heavy atom. The van der Waals surface area contributed by atoms with Crippen LogP contribution < -0.4 is 5.32 Å². The van der Waals surface area contributed by atoms with Gasteiger partial charge in [0.05, 0.1) is 0 Å². The van der Waals surface area contributed by atoms with Crippen molar-refractivity contribution in [1.82, 2.24) is 5.32 Å². The monoisotopic (exact) mass is 281 g/mol. The topological polar surface area (TPSA) is 12.0 Å². The highest BCUT2D eigenvalue weighted by Gasteiger charge is 2.15. The van der Waals surface area contributed by atoms with Crippen molar-refractivity contribution in [3.8, 4) is 0 Å². The third-order valence-electron chi connectivity index (χ3n) is 3.38. The van der Waals surface area contributed by atoms with Gasteiger partial charge in [-0.3, -0.25) is 0 Å². The summed E-state index contributed by atoms with van der Waals surface area (Å²) in [4.78, 5) is 0. The smallest absolute Gasteiger partial charge is 0.0441 e. The standard InChI is InChI=1S/C17H28ClN/c1-13(2)9-10-15(12-19-11-14(3)4)16-7-5-6-8-17(16)18/h5-8,13-15,19H,9-12H2,1-4H3. The molecule has 0 amide bonds. The summed E-state index contributed by atoms with van der Waals surface area (Å²) in [6.07, 6.45) is 2.45. The maximum Gasteiger partial charge on any atom is 0.0441 e. The van der Waals surface area contributed by atoms with Crippen LogP contribution in [0.4, 0.5) is 0 Å². The van der Waals surface area contributed by atoms with Crippen molar-refractivity contribution in [1.29, 1.82) is 0 Å². The zero-order valence-corrected chi connectivity index (χ0v) is 13.5. The zero-order chi connectivity index (χ0) is 14.3. The number of halogens is 1. The van der Waals surface area contributed by atoms with E-state index in [0.717, 1.165) is 24.0 Å². The highest BCUT2D eigenvalue weighted by atomic mass is 35.5. The molecule has 0 aliphatic heterocycles. The number of benzene rings is 1. The second kappa shape index (κ2) is 8.60. The lowest BCUT2D eigenvalue weighted by Crippen LogP contribution is -2.25. The number of hydrogen-bond donors (Lipinski definition) is 1. The first kappa shape index (κ1) is 16.5. The van der Waals surface area contributed by atoms with E-state index in [4.69, 9.17) is 11.6 Å². The van der Waals surface area contributed by atoms with Crippen LogP contribution in [0.2, 0.25) is 5.02 Å². The second-order valence-corrected chi connectivity index (χ2v) is 6.65. The van der Waals surface area contributed by atoms with Gasteiger partial charge in [-0.05, 0) is 42.3 Å². The Bertz CT molecular complexity index is 360. The van der Waals surface area contributed by atoms with E-state index in [-0.39, 0.29) is 0 Å². The van der Waals surface area contributed by atoms with E-state index in [1.54, 1.807) is 0 Å². The average Bonchev–Trinajstić information content (AvgIpc) is 2.34. The van der Waals surface area contributed by atoms with Crippen molar-refractivity contribution in [2.24, 2.45) is 11.8 Å². The maximum absolute atomic E-state index is 6.35. The first-order valence-corrected chi connectivity index (χ1v) is 7.83. The van der Waals surface area contributed by atoms with E-state index >= 15 is 0 Å². The van der Waals surface area contributed by atoms with E-state index in [1.165, 1.54) is 18.4 Å². The largest absolute Gasteiger partial charge is 0.316 e. The molecule has 0 aromatic heterocycles. The van der Waals surface area contributed by atoms with Crippen LogP contribution in [-0.2, 0) is 0 Å². The summed E-state index contributed by atoms with van der Waals surface area (Å²) in [6.45, 7) is 11.1. The van der Waals surface area contributed by atoms with Gasteiger partial charge in [-0.15, -0.1) is 0 Å². The lowest BCUT2D eigenvalue weighted by Gasteiger charge is -2.21. The predicted molar refractivity (Wildman–Crippen MR) is 86.0 cm³/mol. The van der Waals surface area contributed by atoms with Gasteiger partial charge in [0.2, 0.25) is 0 Å². The lowest BCUT2D eigenvalue weighted by atomic mass is 9.91. The van der Waals surface area contributed by atoms with E-state index < -0.39 is 0 Å². The fourth-order valence-corrected chi connectivity index (χ4v) is 2.54. The molecule has 0 fully saturated rings. The molecule has 0 heterocycles. The molecule has 0 aliphatic rings. The van der Waals surface area contributed by atoms with Gasteiger partial charge in [-0.2, -0.15) is 0 Å². The SMILES string of the molecule is CC(C)CCC(CNCC(C)C)c1ccccc1Cl. The highest BCUT2D eigenvalue weighted by Crippen LogP contribution is 2.28. The van der Waals surface area contributed by atoms with Crippen molar-refractivity contribution in [2.75, 3.05) is 13.1 Å². The molecule has 1 unspecified atom stereocenters. The summed E-state index contributed by atoms with van der Waals surface area (Å²) in [5.74, 6) is 1.96. The number of hydrogen-bond acceptors (Lipinski definition) is 1. The summed E-state index contributed by atoms with van der Waals surface area (Å²) in [7, 11) is 0. The molecule has 108 valence electrons. The molecule has 2 heteroatoms. The minimum Gasteiger partial charge on any atom is -0.316 e. The molecule has 0 bridgehead atoms. The summed E-state index contributed by atoms with van der Waals surface area (Å²) in [6, 6.07) is 8.27. The first-order valence-electron chi connectivity index (χ1n) is 7.45. The lowest BCUT2D eigenvalue weighted by molar-refractivity contribution is 0.459. The molecular weight excluding hydrogens is 254 g/mol. The normalized spacial score (nSPS) is 13.2. The molecule has 1 aromatic rings. The van der Waals surface area contributed by atoms with Crippen LogP contribution in [-0.4, -0.2) is 13.1 Å². The summed E-state index contributed by atoms with van der Waals surface area (Å²) < 4.78 is 0. The Labute approximate surface area is 123 Å². The van der Waals surface area contributed by atoms with Crippen molar-refractivity contribution < 1.29 is 0 Å². The Kier molecular flexibility index (Phi) is 7.48. The number of rotatable bonds is 8. The van der Waals surface area contributed by atoms with Crippen molar-refractivity contribution in [2.45, 2.75) is 46.5 Å². The minimum atomic E-state index is 0.523. The first-order chi connectivity index (χ1) is 9.00. The average molecular weight is 282 g/mol. The van der Waals surface area contributed by atoms with Crippen LogP contribution in [0.25, 0.3) is 0 Å². The molecule has 1 rings (SSSR count). The molecule has 1 aromatic carbocycles. The Morgan fingerprint density at radius 3 is 2.21 bits per heavy atom. The highest BCUT2D eigenvalue weighted by molar-refractivity contribution is 6.31. The van der Waals surface area contributed by atoms with E-state index in [0.29, 0.717) is 11.8 Å². The predicted octanol–water partition coefficient (Wildman–Crippen LogP) is 5.11. The quantitative estimate of drug-likeness (QED) is 0.698. The summed E-state index contributed by atoms with van der Waals surface area (Å²) in [5.41, 5.74) is 1.29. The van der Waals surface area contributed by atoms with Gasteiger partial charge in [0.15, 0.2) is 0 Å². The Balaban J connectivity index is 2.66. The van der Waals surface area contributed by atoms with Gasteiger partial charge in [0.1, 0.15) is 0 Å². The fraction of sp³-hybridized carbons (Fsp3) is 0.647. The maximum atomic E-state index is 6.35. The van der Waals surface area contributed by atoms with Gasteiger partial charge in [0, 0.05) is 11.6 Å². The molecule has 0 aliphatic carbocycles. The van der Waals surface area contributed by atoms with Crippen LogP contribution in [0, 0.1) is 11.8 Å².